The van der Waals surface area contributed by atoms with Gasteiger partial charge in [-0.25, -0.2) is 4.98 Å². The van der Waals surface area contributed by atoms with Crippen LogP contribution in [0.5, 0.6) is 0 Å². The van der Waals surface area contributed by atoms with Crippen LogP contribution in [-0.4, -0.2) is 15.8 Å². The van der Waals surface area contributed by atoms with Gasteiger partial charge in [-0.2, -0.15) is 0 Å². The van der Waals surface area contributed by atoms with Gasteiger partial charge in [0.25, 0.3) is 5.89 Å². The Hall–Kier alpha value is -1.97. The molecule has 2 rings (SSSR count). The summed E-state index contributed by atoms with van der Waals surface area (Å²) in [6.45, 7) is 2.22. The molecule has 0 aliphatic heterocycles. The second kappa shape index (κ2) is 9.13. The zero-order chi connectivity index (χ0) is 15.6. The molecular weight excluding hydrogens is 276 g/mol. The predicted molar refractivity (Wildman–Crippen MR) is 86.7 cm³/mol. The van der Waals surface area contributed by atoms with Crippen LogP contribution in [0.4, 0.5) is 0 Å². The van der Waals surface area contributed by atoms with Crippen molar-refractivity contribution in [3.8, 4) is 11.5 Å². The average molecular weight is 300 g/mol. The van der Waals surface area contributed by atoms with Gasteiger partial charge in [-0.15, -0.1) is 0 Å². The normalized spacial score (nSPS) is 10.8. The van der Waals surface area contributed by atoms with Crippen molar-refractivity contribution in [1.29, 1.82) is 0 Å². The topological polar surface area (TPSA) is 56.0 Å². The zero-order valence-electron chi connectivity index (χ0n) is 13.3. The van der Waals surface area contributed by atoms with Crippen molar-refractivity contribution in [2.24, 2.45) is 0 Å². The molecule has 0 spiro atoms. The Balaban J connectivity index is 1.73. The molecule has 0 unspecified atom stereocenters. The van der Waals surface area contributed by atoms with Crippen LogP contribution in [0.15, 0.2) is 35.0 Å². The Morgan fingerprint density at radius 3 is 2.55 bits per heavy atom. The summed E-state index contributed by atoms with van der Waals surface area (Å²) in [4.78, 5) is 20.3. The third-order valence-corrected chi connectivity index (χ3v) is 3.67. The summed E-state index contributed by atoms with van der Waals surface area (Å²) in [6, 6.07) is 5.56. The summed E-state index contributed by atoms with van der Waals surface area (Å²) in [7, 11) is 0. The zero-order valence-corrected chi connectivity index (χ0v) is 13.3. The van der Waals surface area contributed by atoms with E-state index in [1.165, 1.54) is 32.1 Å². The number of hydrogen-bond acceptors (Lipinski definition) is 4. The van der Waals surface area contributed by atoms with Crippen LogP contribution in [0, 0.1) is 0 Å². The molecule has 2 heterocycles. The smallest absolute Gasteiger partial charge is 0.263 e. The molecule has 2 aromatic rings. The summed E-state index contributed by atoms with van der Waals surface area (Å²) < 4.78 is 5.52. The van der Waals surface area contributed by atoms with E-state index in [2.05, 4.69) is 16.9 Å². The van der Waals surface area contributed by atoms with E-state index in [4.69, 9.17) is 4.42 Å². The molecule has 4 nitrogen and oxygen atoms in total. The lowest BCUT2D eigenvalue weighted by Gasteiger charge is -2.00. The largest absolute Gasteiger partial charge is 0.432 e. The number of carbonyl (C=O) groups excluding carboxylic acids is 1. The number of rotatable bonds is 10. The molecule has 0 aliphatic carbocycles. The summed E-state index contributed by atoms with van der Waals surface area (Å²) >= 11 is 0. The van der Waals surface area contributed by atoms with Crippen molar-refractivity contribution in [3.05, 3.63) is 36.5 Å². The Morgan fingerprint density at radius 1 is 1.05 bits per heavy atom. The summed E-state index contributed by atoms with van der Waals surface area (Å²) in [6.07, 6.45) is 12.1. The van der Waals surface area contributed by atoms with Gasteiger partial charge in [0, 0.05) is 12.6 Å². The van der Waals surface area contributed by atoms with Gasteiger partial charge in [0.2, 0.25) is 5.78 Å². The van der Waals surface area contributed by atoms with Gasteiger partial charge in [-0.3, -0.25) is 9.78 Å². The fraction of sp³-hybridized carbons (Fsp3) is 0.500. The van der Waals surface area contributed by atoms with Crippen LogP contribution in [0.2, 0.25) is 0 Å². The molecule has 0 aromatic carbocycles. The Labute approximate surface area is 132 Å². The van der Waals surface area contributed by atoms with Crippen molar-refractivity contribution < 1.29 is 9.21 Å². The van der Waals surface area contributed by atoms with Gasteiger partial charge in [0.15, 0.2) is 5.76 Å². The van der Waals surface area contributed by atoms with Crippen molar-refractivity contribution in [3.63, 3.8) is 0 Å². The van der Waals surface area contributed by atoms with E-state index < -0.39 is 0 Å². The molecule has 4 heteroatoms. The molecule has 22 heavy (non-hydrogen) atoms. The van der Waals surface area contributed by atoms with Gasteiger partial charge < -0.3 is 4.42 Å². The number of ketones is 1. The lowest BCUT2D eigenvalue weighted by atomic mass is 10.1. The Morgan fingerprint density at radius 2 is 1.82 bits per heavy atom. The summed E-state index contributed by atoms with van der Waals surface area (Å²) in [5.41, 5.74) is 0.699. The maximum Gasteiger partial charge on any atom is 0.263 e. The standard InChI is InChI=1S/C18H24N2O2/c1-2-3-4-5-6-7-8-12-16(21)18-20-14-17(22-18)15-11-9-10-13-19-15/h9-11,13-14H,2-8,12H2,1H3. The first-order valence-electron chi connectivity index (χ1n) is 8.21. The highest BCUT2D eigenvalue weighted by molar-refractivity contribution is 5.91. The highest BCUT2D eigenvalue weighted by Gasteiger charge is 2.14. The lowest BCUT2D eigenvalue weighted by Crippen LogP contribution is -1.98. The van der Waals surface area contributed by atoms with E-state index in [-0.39, 0.29) is 11.7 Å². The first-order valence-corrected chi connectivity index (χ1v) is 8.21. The van der Waals surface area contributed by atoms with Gasteiger partial charge in [-0.05, 0) is 18.6 Å². The number of Topliss-reactive ketones (excluding diaryl/α,β-unsaturated/α-hetero) is 1. The maximum atomic E-state index is 12.0. The van der Waals surface area contributed by atoms with Gasteiger partial charge in [-0.1, -0.05) is 51.5 Å². The monoisotopic (exact) mass is 300 g/mol. The fourth-order valence-electron chi connectivity index (χ4n) is 2.38. The molecule has 0 amide bonds. The number of hydrogen-bond donors (Lipinski definition) is 0. The number of aromatic nitrogens is 2. The molecule has 2 aromatic heterocycles. The Kier molecular flexibility index (Phi) is 6.81. The quantitative estimate of drug-likeness (QED) is 0.454. The molecule has 0 aliphatic rings. The number of unbranched alkanes of at least 4 members (excludes halogenated alkanes) is 6. The molecule has 0 saturated heterocycles. The molecule has 118 valence electrons. The minimum absolute atomic E-state index is 0.0178. The number of pyridine rings is 1. The molecule has 0 bridgehead atoms. The van der Waals surface area contributed by atoms with Crippen LogP contribution in [0.1, 0.15) is 69.0 Å². The van der Waals surface area contributed by atoms with Crippen molar-refractivity contribution in [2.45, 2.75) is 58.3 Å². The predicted octanol–water partition coefficient (Wildman–Crippen LogP) is 5.06. The SMILES string of the molecule is CCCCCCCCCC(=O)c1ncc(-c2ccccn2)o1. The molecule has 0 fully saturated rings. The molecule has 0 N–H and O–H groups in total. The fourth-order valence-corrected chi connectivity index (χ4v) is 2.38. The third-order valence-electron chi connectivity index (χ3n) is 3.67. The number of nitrogens with zero attached hydrogens (tertiary/aromatic N) is 2. The Bertz CT molecular complexity index is 563. The van der Waals surface area contributed by atoms with Crippen LogP contribution < -0.4 is 0 Å². The number of carbonyl (C=O) groups is 1. The van der Waals surface area contributed by atoms with E-state index in [1.54, 1.807) is 12.4 Å². The minimum Gasteiger partial charge on any atom is -0.432 e. The maximum absolute atomic E-state index is 12.0. The highest BCUT2D eigenvalue weighted by Crippen LogP contribution is 2.19. The van der Waals surface area contributed by atoms with Crippen molar-refractivity contribution >= 4 is 5.78 Å². The van der Waals surface area contributed by atoms with Gasteiger partial charge in [0.1, 0.15) is 5.69 Å². The van der Waals surface area contributed by atoms with Crippen LogP contribution in [0.3, 0.4) is 0 Å². The van der Waals surface area contributed by atoms with Crippen LogP contribution in [0.25, 0.3) is 11.5 Å². The first kappa shape index (κ1) is 16.4. The lowest BCUT2D eigenvalue weighted by molar-refractivity contribution is 0.0946. The van der Waals surface area contributed by atoms with Crippen LogP contribution >= 0.6 is 0 Å². The van der Waals surface area contributed by atoms with Crippen LogP contribution in [-0.2, 0) is 0 Å². The highest BCUT2D eigenvalue weighted by atomic mass is 16.4. The van der Waals surface area contributed by atoms with Crippen molar-refractivity contribution in [1.82, 2.24) is 9.97 Å². The third kappa shape index (κ3) is 5.10. The summed E-state index contributed by atoms with van der Waals surface area (Å²) in [5, 5.41) is 0. The van der Waals surface area contributed by atoms with E-state index in [0.717, 1.165) is 12.8 Å². The summed E-state index contributed by atoms with van der Waals surface area (Å²) in [5.74, 6) is 0.728. The van der Waals surface area contributed by atoms with E-state index in [1.807, 2.05) is 18.2 Å². The molecule has 0 saturated carbocycles. The van der Waals surface area contributed by atoms with Gasteiger partial charge in [0.05, 0.1) is 6.20 Å². The van der Waals surface area contributed by atoms with Gasteiger partial charge >= 0.3 is 0 Å². The average Bonchev–Trinajstić information content (AvgIpc) is 3.05. The van der Waals surface area contributed by atoms with Crippen molar-refractivity contribution in [2.75, 3.05) is 0 Å². The first-order chi connectivity index (χ1) is 10.8. The minimum atomic E-state index is -0.0178. The molecular formula is C18H24N2O2. The van der Waals surface area contributed by atoms with E-state index >= 15 is 0 Å². The molecule has 0 atom stereocenters. The second-order valence-electron chi connectivity index (χ2n) is 5.54. The number of oxazole rings is 1. The van der Waals surface area contributed by atoms with E-state index in [9.17, 15) is 4.79 Å². The second-order valence-corrected chi connectivity index (χ2v) is 5.54. The molecule has 0 radical (unpaired) electrons. The van der Waals surface area contributed by atoms with E-state index in [0.29, 0.717) is 17.9 Å².